The maximum Gasteiger partial charge on any atom is 0.232 e. The molecule has 0 saturated heterocycles. The van der Waals surface area contributed by atoms with E-state index in [1.807, 2.05) is 0 Å². The molecule has 0 aliphatic carbocycles. The smallest absolute Gasteiger partial charge is 0.226 e. The molecule has 0 N–H and O–H groups in total. The van der Waals surface area contributed by atoms with Gasteiger partial charge in [0.05, 0.1) is 5.56 Å². The summed E-state index contributed by atoms with van der Waals surface area (Å²) in [6.45, 7) is 0. The molecule has 0 aliphatic rings. The van der Waals surface area contributed by atoms with E-state index in [4.69, 9.17) is 10.5 Å². The summed E-state index contributed by atoms with van der Waals surface area (Å²) in [4.78, 5) is 7.33. The van der Waals surface area contributed by atoms with Crippen molar-refractivity contribution in [3.63, 3.8) is 0 Å². The number of hydrogen-bond acceptors (Lipinski definition) is 4. The van der Waals surface area contributed by atoms with Crippen LogP contribution < -0.4 is 0 Å². The van der Waals surface area contributed by atoms with Gasteiger partial charge in [0.1, 0.15) is 6.07 Å². The van der Waals surface area contributed by atoms with E-state index < -0.39 is 0 Å². The molecule has 0 aromatic carbocycles. The quantitative estimate of drug-likeness (QED) is 0.501. The fourth-order valence-electron chi connectivity index (χ4n) is 0.550. The summed E-state index contributed by atoms with van der Waals surface area (Å²) in [6, 6.07) is 3.44. The van der Waals surface area contributed by atoms with Gasteiger partial charge in [0.25, 0.3) is 0 Å². The molecule has 0 aliphatic heterocycles. The highest BCUT2D eigenvalue weighted by Gasteiger charge is 1.91. The van der Waals surface area contributed by atoms with E-state index >= 15 is 0 Å². The lowest BCUT2D eigenvalue weighted by molar-refractivity contribution is 1.10. The van der Waals surface area contributed by atoms with Crippen LogP contribution in [0.2, 0.25) is 0 Å². The van der Waals surface area contributed by atoms with Gasteiger partial charge in [-0.3, -0.25) is 0 Å². The molecule has 4 heteroatoms. The van der Waals surface area contributed by atoms with E-state index in [0.29, 0.717) is 5.56 Å². The summed E-state index contributed by atoms with van der Waals surface area (Å²) in [5.41, 5.74) is 0.524. The molecular weight excluding hydrogens is 152 g/mol. The van der Waals surface area contributed by atoms with E-state index in [9.17, 15) is 0 Å². The molecule has 54 valence electrons. The van der Waals surface area contributed by atoms with Crippen LogP contribution in [-0.4, -0.2) is 9.97 Å². The van der Waals surface area contributed by atoms with Gasteiger partial charge >= 0.3 is 0 Å². The number of nitriles is 2. The topological polar surface area (TPSA) is 73.4 Å². The van der Waals surface area contributed by atoms with Gasteiger partial charge in [-0.1, -0.05) is 0 Å². The van der Waals surface area contributed by atoms with Crippen molar-refractivity contribution in [1.29, 1.82) is 10.5 Å². The Kier molecular flexibility index (Phi) is 2.39. The molecule has 0 atom stereocenters. The van der Waals surface area contributed by atoms with Gasteiger partial charge in [-0.05, 0) is 5.92 Å². The lowest BCUT2D eigenvalue weighted by Crippen LogP contribution is -1.88. The second kappa shape index (κ2) is 3.71. The van der Waals surface area contributed by atoms with Crippen LogP contribution in [0.25, 0.3) is 0 Å². The lowest BCUT2D eigenvalue weighted by Gasteiger charge is -1.86. The normalized spacial score (nSPS) is 7.17. The molecule has 0 radical (unpaired) electrons. The van der Waals surface area contributed by atoms with Crippen molar-refractivity contribution < 1.29 is 0 Å². The zero-order chi connectivity index (χ0) is 8.81. The minimum atomic E-state index is 0.0949. The fourth-order valence-corrected chi connectivity index (χ4v) is 0.550. The molecule has 0 spiro atoms. The Morgan fingerprint density at radius 3 is 2.33 bits per heavy atom. The Morgan fingerprint density at radius 2 is 1.83 bits per heavy atom. The lowest BCUT2D eigenvalue weighted by atomic mass is 10.3. The third-order valence-corrected chi connectivity index (χ3v) is 1.01. The Balaban J connectivity index is 2.96. The van der Waals surface area contributed by atoms with Gasteiger partial charge in [-0.25, -0.2) is 9.97 Å². The summed E-state index contributed by atoms with van der Waals surface area (Å²) in [6.07, 6.45) is 2.80. The fraction of sp³-hybridized carbons (Fsp3) is 0. The summed E-state index contributed by atoms with van der Waals surface area (Å²) in [7, 11) is 0. The second-order valence-corrected chi connectivity index (χ2v) is 1.77. The van der Waals surface area contributed by atoms with E-state index in [0.717, 1.165) is 0 Å². The third kappa shape index (κ3) is 1.80. The summed E-state index contributed by atoms with van der Waals surface area (Å²) in [5.74, 6) is 4.79. The average molecular weight is 154 g/mol. The number of hydrogen-bond donors (Lipinski definition) is 0. The van der Waals surface area contributed by atoms with Crippen molar-refractivity contribution in [2.24, 2.45) is 0 Å². The molecule has 1 aromatic heterocycles. The highest BCUT2D eigenvalue weighted by atomic mass is 14.9. The molecule has 4 nitrogen and oxygen atoms in total. The molecule has 0 bridgehead atoms. The SMILES string of the molecule is N#CC#Cc1cnc(C#N)nc1. The first-order chi connectivity index (χ1) is 5.86. The van der Waals surface area contributed by atoms with Crippen molar-refractivity contribution in [1.82, 2.24) is 9.97 Å². The van der Waals surface area contributed by atoms with Crippen molar-refractivity contribution >= 4 is 0 Å². The van der Waals surface area contributed by atoms with Crippen molar-refractivity contribution in [2.45, 2.75) is 0 Å². The van der Waals surface area contributed by atoms with Crippen molar-refractivity contribution in [2.75, 3.05) is 0 Å². The zero-order valence-electron chi connectivity index (χ0n) is 5.94. The van der Waals surface area contributed by atoms with Crippen molar-refractivity contribution in [3.8, 4) is 24.0 Å². The van der Waals surface area contributed by atoms with E-state index in [2.05, 4.69) is 21.8 Å². The highest BCUT2D eigenvalue weighted by Crippen LogP contribution is 1.91. The Hall–Kier alpha value is -2.38. The maximum atomic E-state index is 8.34. The molecule has 0 fully saturated rings. The minimum Gasteiger partial charge on any atom is -0.226 e. The zero-order valence-corrected chi connectivity index (χ0v) is 5.94. The Bertz CT molecular complexity index is 408. The predicted octanol–water partition coefficient (Wildman–Crippen LogP) is 0.223. The van der Waals surface area contributed by atoms with Gasteiger partial charge in [0.2, 0.25) is 5.82 Å². The van der Waals surface area contributed by atoms with Gasteiger partial charge < -0.3 is 0 Å². The van der Waals surface area contributed by atoms with E-state index in [-0.39, 0.29) is 5.82 Å². The van der Waals surface area contributed by atoms with Crippen LogP contribution in [0.15, 0.2) is 12.4 Å². The molecule has 1 heterocycles. The second-order valence-electron chi connectivity index (χ2n) is 1.77. The Morgan fingerprint density at radius 1 is 1.17 bits per heavy atom. The predicted molar refractivity (Wildman–Crippen MR) is 39.2 cm³/mol. The van der Waals surface area contributed by atoms with Gasteiger partial charge in [0.15, 0.2) is 6.07 Å². The summed E-state index contributed by atoms with van der Waals surface area (Å²) >= 11 is 0. The van der Waals surface area contributed by atoms with E-state index in [1.165, 1.54) is 12.4 Å². The number of nitrogens with zero attached hydrogens (tertiary/aromatic N) is 4. The molecule has 0 amide bonds. The molecule has 1 rings (SSSR count). The first-order valence-electron chi connectivity index (χ1n) is 2.99. The van der Waals surface area contributed by atoms with Crippen molar-refractivity contribution in [3.05, 3.63) is 23.8 Å². The standard InChI is InChI=1S/C8H2N4/c9-3-1-2-7-5-11-8(4-10)12-6-7/h5-6H. The molecule has 0 saturated carbocycles. The summed E-state index contributed by atoms with van der Waals surface area (Å²) < 4.78 is 0. The van der Waals surface area contributed by atoms with Crippen LogP contribution in [0, 0.1) is 34.5 Å². The van der Waals surface area contributed by atoms with Crippen LogP contribution in [0.1, 0.15) is 11.4 Å². The number of rotatable bonds is 0. The van der Waals surface area contributed by atoms with Crippen LogP contribution in [0.4, 0.5) is 0 Å². The van der Waals surface area contributed by atoms with Gasteiger partial charge in [-0.15, -0.1) is 0 Å². The largest absolute Gasteiger partial charge is 0.232 e. The van der Waals surface area contributed by atoms with E-state index in [1.54, 1.807) is 12.1 Å². The first-order valence-corrected chi connectivity index (χ1v) is 2.99. The number of aromatic nitrogens is 2. The monoisotopic (exact) mass is 154 g/mol. The minimum absolute atomic E-state index is 0.0949. The van der Waals surface area contributed by atoms with Crippen LogP contribution in [0.3, 0.4) is 0 Å². The molecule has 0 unspecified atom stereocenters. The maximum absolute atomic E-state index is 8.34. The first kappa shape index (κ1) is 7.72. The molecular formula is C8H2N4. The van der Waals surface area contributed by atoms with Crippen LogP contribution in [-0.2, 0) is 0 Å². The molecule has 12 heavy (non-hydrogen) atoms. The van der Waals surface area contributed by atoms with Crippen LogP contribution in [0.5, 0.6) is 0 Å². The molecule has 1 aromatic rings. The summed E-state index contributed by atoms with van der Waals surface area (Å²) in [5, 5.41) is 16.5. The van der Waals surface area contributed by atoms with Gasteiger partial charge in [-0.2, -0.15) is 10.5 Å². The Labute approximate surface area is 69.1 Å². The highest BCUT2D eigenvalue weighted by molar-refractivity contribution is 5.34. The van der Waals surface area contributed by atoms with Gasteiger partial charge in [0, 0.05) is 18.3 Å². The van der Waals surface area contributed by atoms with Crippen LogP contribution >= 0.6 is 0 Å². The average Bonchev–Trinajstić information content (AvgIpc) is 2.15. The third-order valence-electron chi connectivity index (χ3n) is 1.01.